The molecule has 0 bridgehead atoms. The van der Waals surface area contributed by atoms with Crippen LogP contribution in [0, 0.1) is 16.7 Å². The van der Waals surface area contributed by atoms with Gasteiger partial charge in [-0.25, -0.2) is 0 Å². The molecule has 0 amide bonds. The standard InChI is InChI=1S/C15H29NO3/c1-9(2)11(19-13(18)15(6,7)8)10(16)12(17)14(3,4)5/h9-11H,16H2,1-8H3. The van der Waals surface area contributed by atoms with Gasteiger partial charge in [-0.05, 0) is 26.7 Å². The fraction of sp³-hybridized carbons (Fsp3) is 0.867. The molecule has 2 unspecified atom stereocenters. The van der Waals surface area contributed by atoms with Crippen LogP contribution in [-0.4, -0.2) is 23.9 Å². The van der Waals surface area contributed by atoms with Gasteiger partial charge in [0.05, 0.1) is 5.41 Å². The predicted molar refractivity (Wildman–Crippen MR) is 76.6 cm³/mol. The summed E-state index contributed by atoms with van der Waals surface area (Å²) in [5, 5.41) is 0. The topological polar surface area (TPSA) is 69.4 Å². The first-order valence-corrected chi connectivity index (χ1v) is 6.79. The van der Waals surface area contributed by atoms with Gasteiger partial charge in [-0.1, -0.05) is 34.6 Å². The Kier molecular flexibility index (Phi) is 5.75. The summed E-state index contributed by atoms with van der Waals surface area (Å²) in [7, 11) is 0. The molecule has 2 atom stereocenters. The van der Waals surface area contributed by atoms with Gasteiger partial charge in [0.15, 0.2) is 5.78 Å². The summed E-state index contributed by atoms with van der Waals surface area (Å²) in [6.07, 6.45) is -0.585. The van der Waals surface area contributed by atoms with E-state index in [-0.39, 0.29) is 17.7 Å². The molecule has 0 aliphatic carbocycles. The second-order valence-corrected chi connectivity index (χ2v) is 7.50. The molecule has 0 aliphatic heterocycles. The van der Waals surface area contributed by atoms with Crippen LogP contribution in [0.25, 0.3) is 0 Å². The molecule has 4 nitrogen and oxygen atoms in total. The third-order valence-corrected chi connectivity index (χ3v) is 2.91. The highest BCUT2D eigenvalue weighted by Gasteiger charge is 2.37. The summed E-state index contributed by atoms with van der Waals surface area (Å²) < 4.78 is 5.47. The summed E-state index contributed by atoms with van der Waals surface area (Å²) in [6.45, 7) is 14.6. The van der Waals surface area contributed by atoms with Gasteiger partial charge in [0.1, 0.15) is 12.1 Å². The second kappa shape index (κ2) is 6.04. The van der Waals surface area contributed by atoms with Gasteiger partial charge in [-0.2, -0.15) is 0 Å². The molecule has 0 saturated heterocycles. The Morgan fingerprint density at radius 2 is 1.37 bits per heavy atom. The Morgan fingerprint density at radius 1 is 0.947 bits per heavy atom. The highest BCUT2D eigenvalue weighted by atomic mass is 16.5. The smallest absolute Gasteiger partial charge is 0.311 e. The van der Waals surface area contributed by atoms with Gasteiger partial charge >= 0.3 is 5.97 Å². The Hall–Kier alpha value is -0.900. The van der Waals surface area contributed by atoms with Crippen molar-refractivity contribution < 1.29 is 14.3 Å². The monoisotopic (exact) mass is 271 g/mol. The van der Waals surface area contributed by atoms with Crippen LogP contribution in [0.1, 0.15) is 55.4 Å². The van der Waals surface area contributed by atoms with Gasteiger partial charge < -0.3 is 10.5 Å². The van der Waals surface area contributed by atoms with Crippen molar-refractivity contribution in [3.05, 3.63) is 0 Å². The van der Waals surface area contributed by atoms with E-state index in [1.54, 1.807) is 20.8 Å². The molecule has 0 radical (unpaired) electrons. The Bertz CT molecular complexity index is 334. The first-order valence-electron chi connectivity index (χ1n) is 6.79. The highest BCUT2D eigenvalue weighted by Crippen LogP contribution is 2.24. The molecule has 0 aromatic heterocycles. The number of Topliss-reactive ketones (excluding diaryl/α,β-unsaturated/α-hetero) is 1. The van der Waals surface area contributed by atoms with E-state index in [0.717, 1.165) is 0 Å². The van der Waals surface area contributed by atoms with Gasteiger partial charge in [0.2, 0.25) is 0 Å². The van der Waals surface area contributed by atoms with Crippen LogP contribution in [0.2, 0.25) is 0 Å². The number of carbonyl (C=O) groups excluding carboxylic acids is 2. The molecule has 0 rings (SSSR count). The number of esters is 1. The van der Waals surface area contributed by atoms with E-state index >= 15 is 0 Å². The van der Waals surface area contributed by atoms with Crippen LogP contribution in [-0.2, 0) is 14.3 Å². The third-order valence-electron chi connectivity index (χ3n) is 2.91. The van der Waals surface area contributed by atoms with Crippen molar-refractivity contribution in [1.82, 2.24) is 0 Å². The van der Waals surface area contributed by atoms with Crippen LogP contribution < -0.4 is 5.73 Å². The summed E-state index contributed by atoms with van der Waals surface area (Å²) >= 11 is 0. The molecule has 4 heteroatoms. The second-order valence-electron chi connectivity index (χ2n) is 7.50. The fourth-order valence-corrected chi connectivity index (χ4v) is 1.57. The van der Waals surface area contributed by atoms with Crippen LogP contribution in [0.15, 0.2) is 0 Å². The lowest BCUT2D eigenvalue weighted by atomic mass is 9.82. The van der Waals surface area contributed by atoms with E-state index in [9.17, 15) is 9.59 Å². The zero-order valence-corrected chi connectivity index (χ0v) is 13.5. The summed E-state index contributed by atoms with van der Waals surface area (Å²) in [5.41, 5.74) is 4.87. The third kappa shape index (κ3) is 5.31. The number of nitrogens with two attached hydrogens (primary N) is 1. The average Bonchev–Trinajstić information content (AvgIpc) is 2.20. The number of ketones is 1. The minimum absolute atomic E-state index is 0.00685. The maximum atomic E-state index is 12.2. The molecule has 2 N–H and O–H groups in total. The molecule has 19 heavy (non-hydrogen) atoms. The van der Waals surface area contributed by atoms with Crippen molar-refractivity contribution in [3.8, 4) is 0 Å². The molecule has 0 aromatic carbocycles. The van der Waals surface area contributed by atoms with E-state index in [1.165, 1.54) is 0 Å². The minimum atomic E-state index is -0.786. The number of ether oxygens (including phenoxy) is 1. The molecule has 112 valence electrons. The largest absolute Gasteiger partial charge is 0.460 e. The van der Waals surface area contributed by atoms with Gasteiger partial charge in [0, 0.05) is 5.41 Å². The van der Waals surface area contributed by atoms with Crippen LogP contribution in [0.4, 0.5) is 0 Å². The molecule has 0 saturated carbocycles. The minimum Gasteiger partial charge on any atom is -0.460 e. The lowest BCUT2D eigenvalue weighted by Crippen LogP contribution is -2.51. The Balaban J connectivity index is 5.05. The first kappa shape index (κ1) is 18.1. The average molecular weight is 271 g/mol. The van der Waals surface area contributed by atoms with Crippen LogP contribution in [0.3, 0.4) is 0 Å². The van der Waals surface area contributed by atoms with E-state index in [4.69, 9.17) is 10.5 Å². The van der Waals surface area contributed by atoms with Crippen molar-refractivity contribution in [2.24, 2.45) is 22.5 Å². The maximum Gasteiger partial charge on any atom is 0.311 e. The highest BCUT2D eigenvalue weighted by molar-refractivity contribution is 5.89. The molecular formula is C15H29NO3. The van der Waals surface area contributed by atoms with Gasteiger partial charge in [-0.3, -0.25) is 9.59 Å². The zero-order chi connectivity index (χ0) is 15.6. The van der Waals surface area contributed by atoms with Crippen LogP contribution in [0.5, 0.6) is 0 Å². The van der Waals surface area contributed by atoms with Crippen molar-refractivity contribution >= 4 is 11.8 Å². The quantitative estimate of drug-likeness (QED) is 0.798. The van der Waals surface area contributed by atoms with Gasteiger partial charge in [-0.15, -0.1) is 0 Å². The lowest BCUT2D eigenvalue weighted by molar-refractivity contribution is -0.163. The predicted octanol–water partition coefficient (Wildman–Crippen LogP) is 2.54. The molecular weight excluding hydrogens is 242 g/mol. The Labute approximate surface area is 117 Å². The van der Waals surface area contributed by atoms with E-state index < -0.39 is 23.0 Å². The zero-order valence-electron chi connectivity index (χ0n) is 13.5. The Morgan fingerprint density at radius 3 is 1.63 bits per heavy atom. The van der Waals surface area contributed by atoms with E-state index in [2.05, 4.69) is 0 Å². The van der Waals surface area contributed by atoms with Gasteiger partial charge in [0.25, 0.3) is 0 Å². The number of hydrogen-bond donors (Lipinski definition) is 1. The SMILES string of the molecule is CC(C)C(OC(=O)C(C)(C)C)C(N)C(=O)C(C)(C)C. The van der Waals surface area contributed by atoms with E-state index in [1.807, 2.05) is 34.6 Å². The molecule has 0 heterocycles. The number of carbonyl (C=O) groups is 2. The van der Waals surface area contributed by atoms with Crippen molar-refractivity contribution in [3.63, 3.8) is 0 Å². The van der Waals surface area contributed by atoms with Crippen molar-refractivity contribution in [2.75, 3.05) is 0 Å². The molecule has 0 aliphatic rings. The summed E-state index contributed by atoms with van der Waals surface area (Å²) in [4.78, 5) is 24.2. The number of rotatable bonds is 4. The van der Waals surface area contributed by atoms with Crippen LogP contribution >= 0.6 is 0 Å². The van der Waals surface area contributed by atoms with Crippen molar-refractivity contribution in [1.29, 1.82) is 0 Å². The molecule has 0 spiro atoms. The molecule has 0 fully saturated rings. The maximum absolute atomic E-state index is 12.2. The van der Waals surface area contributed by atoms with Crippen molar-refractivity contribution in [2.45, 2.75) is 67.5 Å². The number of hydrogen-bond acceptors (Lipinski definition) is 4. The first-order chi connectivity index (χ1) is 8.28. The molecule has 0 aromatic rings. The summed E-state index contributed by atoms with van der Waals surface area (Å²) in [5.74, 6) is -0.427. The van der Waals surface area contributed by atoms with E-state index in [0.29, 0.717) is 0 Å². The summed E-state index contributed by atoms with van der Waals surface area (Å²) in [6, 6.07) is -0.786. The lowest BCUT2D eigenvalue weighted by Gasteiger charge is -2.32. The fourth-order valence-electron chi connectivity index (χ4n) is 1.57. The normalized spacial score (nSPS) is 16.1.